The number of sulfonamides is 1. The van der Waals surface area contributed by atoms with Crippen LogP contribution in [0.25, 0.3) is 10.9 Å². The minimum absolute atomic E-state index is 0.0418. The highest BCUT2D eigenvalue weighted by atomic mass is 32.2. The fourth-order valence-electron chi connectivity index (χ4n) is 4.83. The average Bonchev–Trinajstić information content (AvgIpc) is 2.93. The lowest BCUT2D eigenvalue weighted by atomic mass is 9.73. The number of para-hydroxylation sites is 1. The number of amides is 1. The third-order valence-electron chi connectivity index (χ3n) is 6.97. The van der Waals surface area contributed by atoms with E-state index in [2.05, 4.69) is 9.71 Å². The third kappa shape index (κ3) is 4.57. The summed E-state index contributed by atoms with van der Waals surface area (Å²) in [6.45, 7) is 1.12. The molecule has 36 heavy (non-hydrogen) atoms. The Kier molecular flexibility index (Phi) is 6.47. The van der Waals surface area contributed by atoms with E-state index in [1.165, 1.54) is 6.07 Å². The SMILES string of the molecule is O=C(c1ccc(NS(=O)(=O)c2cccc3cccnc23)cc1)N1CCC(CO)(c2ccccc2)CC1. The van der Waals surface area contributed by atoms with E-state index in [-0.39, 0.29) is 22.8 Å². The number of aliphatic hydroxyl groups is 1. The first kappa shape index (κ1) is 24.0. The lowest BCUT2D eigenvalue weighted by Crippen LogP contribution is -2.46. The van der Waals surface area contributed by atoms with Gasteiger partial charge in [0.05, 0.1) is 12.1 Å². The monoisotopic (exact) mass is 501 g/mol. The second kappa shape index (κ2) is 9.72. The molecule has 7 nitrogen and oxygen atoms in total. The van der Waals surface area contributed by atoms with Gasteiger partial charge in [-0.1, -0.05) is 48.5 Å². The van der Waals surface area contributed by atoms with Crippen LogP contribution in [0.4, 0.5) is 5.69 Å². The Morgan fingerprint density at radius 3 is 2.31 bits per heavy atom. The third-order valence-corrected chi connectivity index (χ3v) is 8.38. The van der Waals surface area contributed by atoms with E-state index in [1.54, 1.807) is 47.5 Å². The number of nitrogens with one attached hydrogen (secondary N) is 1. The molecule has 5 rings (SSSR count). The molecular weight excluding hydrogens is 474 g/mol. The number of rotatable bonds is 6. The molecule has 8 heteroatoms. The van der Waals surface area contributed by atoms with E-state index in [0.717, 1.165) is 10.9 Å². The van der Waals surface area contributed by atoms with Crippen molar-refractivity contribution in [3.8, 4) is 0 Å². The molecule has 0 saturated carbocycles. The van der Waals surface area contributed by atoms with E-state index in [9.17, 15) is 18.3 Å². The Hall–Kier alpha value is -3.75. The van der Waals surface area contributed by atoms with E-state index in [0.29, 0.717) is 42.7 Å². The highest BCUT2D eigenvalue weighted by molar-refractivity contribution is 7.93. The van der Waals surface area contributed by atoms with Crippen molar-refractivity contribution < 1.29 is 18.3 Å². The fraction of sp³-hybridized carbons (Fsp3) is 0.214. The maximum Gasteiger partial charge on any atom is 0.264 e. The van der Waals surface area contributed by atoms with Gasteiger partial charge < -0.3 is 10.0 Å². The molecule has 1 saturated heterocycles. The van der Waals surface area contributed by atoms with Crippen LogP contribution in [-0.2, 0) is 15.4 Å². The van der Waals surface area contributed by atoms with Gasteiger partial charge in [0.2, 0.25) is 0 Å². The van der Waals surface area contributed by atoms with Crippen molar-refractivity contribution in [3.05, 3.63) is 102 Å². The number of aromatic nitrogens is 1. The normalized spacial score (nSPS) is 15.5. The fourth-order valence-corrected chi connectivity index (χ4v) is 6.07. The summed E-state index contributed by atoms with van der Waals surface area (Å²) in [5.74, 6) is -0.109. The van der Waals surface area contributed by atoms with Gasteiger partial charge >= 0.3 is 0 Å². The number of piperidine rings is 1. The molecule has 0 atom stereocenters. The Morgan fingerprint density at radius 1 is 0.917 bits per heavy atom. The van der Waals surface area contributed by atoms with Crippen molar-refractivity contribution in [2.75, 3.05) is 24.4 Å². The van der Waals surface area contributed by atoms with Crippen LogP contribution in [0.2, 0.25) is 0 Å². The van der Waals surface area contributed by atoms with Crippen molar-refractivity contribution in [3.63, 3.8) is 0 Å². The van der Waals surface area contributed by atoms with Crippen molar-refractivity contribution >= 4 is 32.5 Å². The standard InChI is InChI=1S/C28H27N3O4S/c32-20-28(23-8-2-1-3-9-23)15-18-31(19-16-28)27(33)22-11-13-24(14-12-22)30-36(34,35)25-10-4-6-21-7-5-17-29-26(21)25/h1-14,17,30,32H,15-16,18-20H2. The topological polar surface area (TPSA) is 99.6 Å². The molecule has 0 bridgehead atoms. The molecule has 184 valence electrons. The van der Waals surface area contributed by atoms with Crippen LogP contribution in [0.15, 0.2) is 96.0 Å². The largest absolute Gasteiger partial charge is 0.395 e. The van der Waals surface area contributed by atoms with Gasteiger partial charge in [0.1, 0.15) is 4.90 Å². The molecule has 1 amide bonds. The van der Waals surface area contributed by atoms with Crippen LogP contribution in [0, 0.1) is 0 Å². The quantitative estimate of drug-likeness (QED) is 0.413. The summed E-state index contributed by atoms with van der Waals surface area (Å²) in [5.41, 5.74) is 2.01. The Bertz CT molecular complexity index is 1480. The summed E-state index contributed by atoms with van der Waals surface area (Å²) in [4.78, 5) is 19.2. The number of hydrogen-bond acceptors (Lipinski definition) is 5. The number of carbonyl (C=O) groups is 1. The molecule has 2 heterocycles. The number of hydrogen-bond donors (Lipinski definition) is 2. The molecule has 0 aliphatic carbocycles. The Morgan fingerprint density at radius 2 is 1.61 bits per heavy atom. The van der Waals surface area contributed by atoms with Crippen LogP contribution in [0.5, 0.6) is 0 Å². The number of pyridine rings is 1. The first-order valence-electron chi connectivity index (χ1n) is 11.8. The Balaban J connectivity index is 1.28. The molecule has 2 N–H and O–H groups in total. The zero-order valence-electron chi connectivity index (χ0n) is 19.7. The lowest BCUT2D eigenvalue weighted by molar-refractivity contribution is 0.0594. The number of benzene rings is 3. The highest BCUT2D eigenvalue weighted by Crippen LogP contribution is 2.35. The maximum absolute atomic E-state index is 13.1. The summed E-state index contributed by atoms with van der Waals surface area (Å²) >= 11 is 0. The summed E-state index contributed by atoms with van der Waals surface area (Å²) in [7, 11) is -3.87. The van der Waals surface area contributed by atoms with Gasteiger partial charge in [-0.15, -0.1) is 0 Å². The summed E-state index contributed by atoms with van der Waals surface area (Å²) in [6, 6.07) is 25.0. The van der Waals surface area contributed by atoms with E-state index in [1.807, 2.05) is 42.5 Å². The molecule has 0 unspecified atom stereocenters. The van der Waals surface area contributed by atoms with Gasteiger partial charge in [-0.3, -0.25) is 14.5 Å². The zero-order valence-corrected chi connectivity index (χ0v) is 20.5. The van der Waals surface area contributed by atoms with Crippen LogP contribution >= 0.6 is 0 Å². The minimum atomic E-state index is -3.87. The predicted molar refractivity (Wildman–Crippen MR) is 139 cm³/mol. The Labute approximate surface area is 210 Å². The molecule has 1 aliphatic rings. The van der Waals surface area contributed by atoms with E-state index < -0.39 is 10.0 Å². The average molecular weight is 502 g/mol. The van der Waals surface area contributed by atoms with Gasteiger partial charge in [0.25, 0.3) is 15.9 Å². The molecule has 0 spiro atoms. The van der Waals surface area contributed by atoms with Gasteiger partial charge in [-0.05, 0) is 54.8 Å². The molecular formula is C28H27N3O4S. The number of carbonyl (C=O) groups excluding carboxylic acids is 1. The molecule has 1 aromatic heterocycles. The van der Waals surface area contributed by atoms with Crippen molar-refractivity contribution in [2.45, 2.75) is 23.2 Å². The molecule has 1 aliphatic heterocycles. The van der Waals surface area contributed by atoms with Crippen LogP contribution < -0.4 is 4.72 Å². The number of aliphatic hydroxyl groups excluding tert-OH is 1. The molecule has 3 aromatic carbocycles. The number of nitrogens with zero attached hydrogens (tertiary/aromatic N) is 2. The van der Waals surface area contributed by atoms with Gasteiger partial charge in [-0.25, -0.2) is 8.42 Å². The zero-order chi connectivity index (χ0) is 25.2. The van der Waals surface area contributed by atoms with Crippen LogP contribution in [0.1, 0.15) is 28.8 Å². The van der Waals surface area contributed by atoms with Crippen molar-refractivity contribution in [2.24, 2.45) is 0 Å². The van der Waals surface area contributed by atoms with Crippen molar-refractivity contribution in [1.82, 2.24) is 9.88 Å². The van der Waals surface area contributed by atoms with E-state index >= 15 is 0 Å². The lowest BCUT2D eigenvalue weighted by Gasteiger charge is -2.41. The minimum Gasteiger partial charge on any atom is -0.395 e. The summed E-state index contributed by atoms with van der Waals surface area (Å²) in [5, 5.41) is 10.9. The van der Waals surface area contributed by atoms with Crippen LogP contribution in [-0.4, -0.2) is 49.0 Å². The summed E-state index contributed by atoms with van der Waals surface area (Å²) in [6.07, 6.45) is 2.92. The highest BCUT2D eigenvalue weighted by Gasteiger charge is 2.37. The number of fused-ring (bicyclic) bond motifs is 1. The second-order valence-electron chi connectivity index (χ2n) is 9.11. The number of likely N-dealkylation sites (tertiary alicyclic amines) is 1. The molecule has 1 fully saturated rings. The van der Waals surface area contributed by atoms with Gasteiger partial charge in [0.15, 0.2) is 0 Å². The van der Waals surface area contributed by atoms with E-state index in [4.69, 9.17) is 0 Å². The first-order valence-corrected chi connectivity index (χ1v) is 13.3. The first-order chi connectivity index (χ1) is 17.4. The molecule has 4 aromatic rings. The van der Waals surface area contributed by atoms with Gasteiger partial charge in [-0.2, -0.15) is 0 Å². The maximum atomic E-state index is 13.1. The predicted octanol–water partition coefficient (Wildman–Crippen LogP) is 4.20. The van der Waals surface area contributed by atoms with Gasteiger partial charge in [0, 0.05) is 41.3 Å². The molecule has 0 radical (unpaired) electrons. The smallest absolute Gasteiger partial charge is 0.264 e. The van der Waals surface area contributed by atoms with Crippen molar-refractivity contribution in [1.29, 1.82) is 0 Å². The summed E-state index contributed by atoms with van der Waals surface area (Å²) < 4.78 is 28.7. The second-order valence-corrected chi connectivity index (χ2v) is 10.8. The number of anilines is 1. The van der Waals surface area contributed by atoms with Crippen LogP contribution in [0.3, 0.4) is 0 Å².